The molecule has 0 saturated carbocycles. The molecule has 1 saturated heterocycles. The maximum atomic E-state index is 11.8. The van der Waals surface area contributed by atoms with Crippen molar-refractivity contribution in [2.45, 2.75) is 6.42 Å². The van der Waals surface area contributed by atoms with Crippen molar-refractivity contribution in [3.63, 3.8) is 0 Å². The van der Waals surface area contributed by atoms with Gasteiger partial charge in [0.15, 0.2) is 0 Å². The van der Waals surface area contributed by atoms with Gasteiger partial charge in [-0.2, -0.15) is 0 Å². The average Bonchev–Trinajstić information content (AvgIpc) is 2.57. The molecule has 1 aromatic rings. The van der Waals surface area contributed by atoms with Crippen LogP contribution in [0.2, 0.25) is 10.0 Å². The molecule has 18 heavy (non-hydrogen) atoms. The van der Waals surface area contributed by atoms with Crippen molar-refractivity contribution in [2.24, 2.45) is 0 Å². The Morgan fingerprint density at radius 3 is 2.22 bits per heavy atom. The fraction of sp³-hybridized carbons (Fsp3) is 0.300. The highest BCUT2D eigenvalue weighted by molar-refractivity contribution is 7.93. The van der Waals surface area contributed by atoms with Crippen molar-refractivity contribution in [1.29, 1.82) is 0 Å². The maximum absolute atomic E-state index is 11.8. The lowest BCUT2D eigenvalue weighted by Crippen LogP contribution is -2.25. The molecule has 1 aromatic carbocycles. The van der Waals surface area contributed by atoms with Gasteiger partial charge in [0.05, 0.1) is 27.0 Å². The third-order valence-electron chi connectivity index (χ3n) is 2.61. The largest absolute Gasteiger partial charge is 0.478 e. The van der Waals surface area contributed by atoms with Gasteiger partial charge in [0.25, 0.3) is 0 Å². The summed E-state index contributed by atoms with van der Waals surface area (Å²) >= 11 is 11.9. The minimum Gasteiger partial charge on any atom is -0.478 e. The zero-order valence-corrected chi connectivity index (χ0v) is 11.4. The van der Waals surface area contributed by atoms with Gasteiger partial charge in [-0.15, -0.1) is 0 Å². The monoisotopic (exact) mass is 309 g/mol. The van der Waals surface area contributed by atoms with Crippen LogP contribution in [-0.4, -0.2) is 31.8 Å². The number of halogens is 2. The number of nitrogens with zero attached hydrogens (tertiary/aromatic N) is 1. The summed E-state index contributed by atoms with van der Waals surface area (Å²) in [4.78, 5) is 10.8. The van der Waals surface area contributed by atoms with Crippen molar-refractivity contribution in [2.75, 3.05) is 16.6 Å². The number of benzene rings is 1. The molecule has 0 aromatic heterocycles. The number of hydrogen-bond donors (Lipinski definition) is 1. The van der Waals surface area contributed by atoms with Crippen LogP contribution in [-0.2, 0) is 10.0 Å². The molecule has 1 aliphatic rings. The highest BCUT2D eigenvalue weighted by Crippen LogP contribution is 2.38. The summed E-state index contributed by atoms with van der Waals surface area (Å²) in [6.07, 6.45) is 0.496. The first-order valence-corrected chi connectivity index (χ1v) is 7.42. The molecule has 0 aliphatic carbocycles. The summed E-state index contributed by atoms with van der Waals surface area (Å²) in [5, 5.41) is 8.88. The Kier molecular flexibility index (Phi) is 3.44. The standard InChI is InChI=1S/C10H9Cl2NO4S/c11-7-4-6(10(14)15)5-8(12)9(7)13-2-1-3-18(13,16)17/h4-5H,1-3H2,(H,14,15). The number of carboxylic acid groups (broad SMARTS) is 1. The quantitative estimate of drug-likeness (QED) is 0.909. The van der Waals surface area contributed by atoms with E-state index in [0.717, 1.165) is 4.31 Å². The van der Waals surface area contributed by atoms with Gasteiger partial charge in [0.2, 0.25) is 10.0 Å². The molecule has 0 radical (unpaired) electrons. The van der Waals surface area contributed by atoms with E-state index in [1.807, 2.05) is 0 Å². The van der Waals surface area contributed by atoms with Gasteiger partial charge in [-0.05, 0) is 18.6 Å². The number of sulfonamides is 1. The summed E-state index contributed by atoms with van der Waals surface area (Å²) in [5.74, 6) is -1.13. The Morgan fingerprint density at radius 2 is 1.83 bits per heavy atom. The molecule has 1 fully saturated rings. The van der Waals surface area contributed by atoms with Gasteiger partial charge in [0, 0.05) is 6.54 Å². The summed E-state index contributed by atoms with van der Waals surface area (Å²) in [6, 6.07) is 2.39. The fourth-order valence-electron chi connectivity index (χ4n) is 1.82. The maximum Gasteiger partial charge on any atom is 0.335 e. The molecule has 1 heterocycles. The zero-order chi connectivity index (χ0) is 13.5. The van der Waals surface area contributed by atoms with E-state index in [4.69, 9.17) is 28.3 Å². The minimum absolute atomic E-state index is 0.0189. The lowest BCUT2D eigenvalue weighted by molar-refractivity contribution is 0.0697. The summed E-state index contributed by atoms with van der Waals surface area (Å²) in [5.41, 5.74) is 0.0752. The number of anilines is 1. The van der Waals surface area contributed by atoms with E-state index in [2.05, 4.69) is 0 Å². The number of aromatic carboxylic acids is 1. The number of rotatable bonds is 2. The molecule has 5 nitrogen and oxygen atoms in total. The molecule has 2 rings (SSSR count). The van der Waals surface area contributed by atoms with E-state index >= 15 is 0 Å². The molecule has 1 N–H and O–H groups in total. The van der Waals surface area contributed by atoms with Gasteiger partial charge >= 0.3 is 5.97 Å². The average molecular weight is 310 g/mol. The van der Waals surface area contributed by atoms with E-state index in [0.29, 0.717) is 13.0 Å². The molecule has 0 unspecified atom stereocenters. The Hall–Kier alpha value is -0.980. The van der Waals surface area contributed by atoms with Gasteiger partial charge in [-0.1, -0.05) is 23.2 Å². The summed E-state index contributed by atoms with van der Waals surface area (Å²) < 4.78 is 24.7. The van der Waals surface area contributed by atoms with Crippen molar-refractivity contribution >= 4 is 44.9 Å². The fourth-order valence-corrected chi connectivity index (χ4v) is 4.21. The van der Waals surface area contributed by atoms with E-state index < -0.39 is 16.0 Å². The summed E-state index contributed by atoms with van der Waals surface area (Å²) in [7, 11) is -3.40. The minimum atomic E-state index is -3.40. The second-order valence-electron chi connectivity index (χ2n) is 3.84. The summed E-state index contributed by atoms with van der Waals surface area (Å²) in [6.45, 7) is 0.300. The van der Waals surface area contributed by atoms with E-state index in [-0.39, 0.29) is 27.0 Å². The molecule has 0 amide bonds. The van der Waals surface area contributed by atoms with Crippen molar-refractivity contribution in [3.05, 3.63) is 27.7 Å². The smallest absolute Gasteiger partial charge is 0.335 e. The Morgan fingerprint density at radius 1 is 1.28 bits per heavy atom. The predicted octanol–water partition coefficient (Wildman–Crippen LogP) is 2.23. The molecule has 0 atom stereocenters. The van der Waals surface area contributed by atoms with Crippen LogP contribution in [0.3, 0.4) is 0 Å². The van der Waals surface area contributed by atoms with Crippen LogP contribution in [0.5, 0.6) is 0 Å². The third-order valence-corrected chi connectivity index (χ3v) is 5.03. The first-order chi connectivity index (χ1) is 8.33. The van der Waals surface area contributed by atoms with Gasteiger partial charge in [0.1, 0.15) is 0 Å². The first kappa shape index (κ1) is 13.5. The highest BCUT2D eigenvalue weighted by Gasteiger charge is 2.31. The SMILES string of the molecule is O=C(O)c1cc(Cl)c(N2CCCS2(=O)=O)c(Cl)c1. The first-order valence-electron chi connectivity index (χ1n) is 5.05. The molecule has 98 valence electrons. The lowest BCUT2D eigenvalue weighted by atomic mass is 10.2. The van der Waals surface area contributed by atoms with Crippen LogP contribution in [0.1, 0.15) is 16.8 Å². The topological polar surface area (TPSA) is 74.7 Å². The predicted molar refractivity (Wildman–Crippen MR) is 69.2 cm³/mol. The van der Waals surface area contributed by atoms with Crippen molar-refractivity contribution < 1.29 is 18.3 Å². The van der Waals surface area contributed by atoms with Crippen molar-refractivity contribution in [1.82, 2.24) is 0 Å². The van der Waals surface area contributed by atoms with Crippen LogP contribution in [0.4, 0.5) is 5.69 Å². The zero-order valence-electron chi connectivity index (χ0n) is 9.06. The van der Waals surface area contributed by atoms with Crippen LogP contribution in [0.15, 0.2) is 12.1 Å². The molecular weight excluding hydrogens is 301 g/mol. The lowest BCUT2D eigenvalue weighted by Gasteiger charge is -2.20. The van der Waals surface area contributed by atoms with Crippen LogP contribution in [0, 0.1) is 0 Å². The molecule has 1 aliphatic heterocycles. The normalized spacial score (nSPS) is 18.0. The highest BCUT2D eigenvalue weighted by atomic mass is 35.5. The Labute approximate surface area is 114 Å². The number of hydrogen-bond acceptors (Lipinski definition) is 3. The van der Waals surface area contributed by atoms with Crippen LogP contribution >= 0.6 is 23.2 Å². The molecule has 0 bridgehead atoms. The van der Waals surface area contributed by atoms with Crippen LogP contribution in [0.25, 0.3) is 0 Å². The van der Waals surface area contributed by atoms with Gasteiger partial charge in [-0.25, -0.2) is 13.2 Å². The van der Waals surface area contributed by atoms with E-state index in [1.54, 1.807) is 0 Å². The molecule has 8 heteroatoms. The van der Waals surface area contributed by atoms with Gasteiger partial charge in [-0.3, -0.25) is 4.31 Å². The molecule has 0 spiro atoms. The van der Waals surface area contributed by atoms with Crippen LogP contribution < -0.4 is 4.31 Å². The second-order valence-corrected chi connectivity index (χ2v) is 6.66. The second kappa shape index (κ2) is 4.60. The number of carboxylic acids is 1. The van der Waals surface area contributed by atoms with E-state index in [9.17, 15) is 13.2 Å². The number of carbonyl (C=O) groups is 1. The molecular formula is C10H9Cl2NO4S. The van der Waals surface area contributed by atoms with Gasteiger partial charge < -0.3 is 5.11 Å². The van der Waals surface area contributed by atoms with E-state index in [1.165, 1.54) is 12.1 Å². The van der Waals surface area contributed by atoms with Crippen molar-refractivity contribution in [3.8, 4) is 0 Å². The Balaban J connectivity index is 2.56. The Bertz CT molecular complexity index is 591. The third kappa shape index (κ3) is 2.28.